The van der Waals surface area contributed by atoms with Crippen molar-refractivity contribution in [3.63, 3.8) is 0 Å². The minimum atomic E-state index is -0.105. The van der Waals surface area contributed by atoms with Gasteiger partial charge < -0.3 is 10.4 Å². The summed E-state index contributed by atoms with van der Waals surface area (Å²) < 4.78 is 0. The van der Waals surface area contributed by atoms with E-state index in [-0.39, 0.29) is 12.5 Å². The number of hydrogen-bond acceptors (Lipinski definition) is 2. The molecule has 2 N–H and O–H groups in total. The molecule has 0 aromatic carbocycles. The van der Waals surface area contributed by atoms with Gasteiger partial charge in [0.15, 0.2) is 0 Å². The van der Waals surface area contributed by atoms with Crippen LogP contribution in [0.15, 0.2) is 11.8 Å². The Hall–Kier alpha value is -0.830. The van der Waals surface area contributed by atoms with E-state index in [4.69, 9.17) is 5.11 Å². The summed E-state index contributed by atoms with van der Waals surface area (Å²) in [6, 6.07) is 0. The zero-order valence-electron chi connectivity index (χ0n) is 7.05. The fourth-order valence-electron chi connectivity index (χ4n) is 0.722. The van der Waals surface area contributed by atoms with Crippen molar-refractivity contribution in [1.29, 1.82) is 0 Å². The van der Waals surface area contributed by atoms with Gasteiger partial charge >= 0.3 is 0 Å². The van der Waals surface area contributed by atoms with Gasteiger partial charge in [-0.3, -0.25) is 4.79 Å². The molecule has 0 rings (SSSR count). The lowest BCUT2D eigenvalue weighted by molar-refractivity contribution is -0.118. The average molecular weight is 157 g/mol. The van der Waals surface area contributed by atoms with Gasteiger partial charge in [-0.1, -0.05) is 13.3 Å². The topological polar surface area (TPSA) is 49.3 Å². The van der Waals surface area contributed by atoms with Crippen LogP contribution in [0.5, 0.6) is 0 Å². The molecule has 0 heterocycles. The predicted octanol–water partition coefficient (Wildman–Crippen LogP) is 0.799. The highest BCUT2D eigenvalue weighted by atomic mass is 16.3. The highest BCUT2D eigenvalue weighted by molar-refractivity contribution is 5.73. The van der Waals surface area contributed by atoms with Crippen molar-refractivity contribution in [2.75, 3.05) is 6.61 Å². The quantitative estimate of drug-likeness (QED) is 0.634. The highest BCUT2D eigenvalue weighted by Crippen LogP contribution is 2.00. The summed E-state index contributed by atoms with van der Waals surface area (Å²) in [4.78, 5) is 10.4. The predicted molar refractivity (Wildman–Crippen MR) is 43.9 cm³/mol. The van der Waals surface area contributed by atoms with Crippen LogP contribution in [0.2, 0.25) is 0 Å². The van der Waals surface area contributed by atoms with Crippen LogP contribution in [0, 0.1) is 0 Å². The van der Waals surface area contributed by atoms with Crippen LogP contribution >= 0.6 is 0 Å². The fourth-order valence-corrected chi connectivity index (χ4v) is 0.722. The summed E-state index contributed by atoms with van der Waals surface area (Å²) in [6.45, 7) is 3.49. The van der Waals surface area contributed by atoms with Crippen molar-refractivity contribution < 1.29 is 9.90 Å². The zero-order chi connectivity index (χ0) is 8.69. The van der Waals surface area contributed by atoms with Gasteiger partial charge in [0, 0.05) is 13.1 Å². The molecule has 0 aliphatic carbocycles. The molecule has 3 heteroatoms. The Bertz CT molecular complexity index is 152. The summed E-state index contributed by atoms with van der Waals surface area (Å²) in [5.41, 5.74) is 0.864. The second-order valence-corrected chi connectivity index (χ2v) is 2.41. The Morgan fingerprint density at radius 2 is 2.27 bits per heavy atom. The smallest absolute Gasteiger partial charge is 0.220 e. The lowest BCUT2D eigenvalue weighted by atomic mass is 10.2. The average Bonchev–Trinajstić information content (AvgIpc) is 1.97. The van der Waals surface area contributed by atoms with Crippen molar-refractivity contribution in [2.24, 2.45) is 0 Å². The van der Waals surface area contributed by atoms with Gasteiger partial charge in [0.25, 0.3) is 0 Å². The Morgan fingerprint density at radius 1 is 1.64 bits per heavy atom. The van der Waals surface area contributed by atoms with E-state index in [9.17, 15) is 4.79 Å². The van der Waals surface area contributed by atoms with Crippen LogP contribution in [-0.4, -0.2) is 17.6 Å². The van der Waals surface area contributed by atoms with Crippen molar-refractivity contribution >= 4 is 5.91 Å². The maximum atomic E-state index is 10.4. The summed E-state index contributed by atoms with van der Waals surface area (Å²) in [5, 5.41) is 11.3. The molecule has 0 aliphatic rings. The summed E-state index contributed by atoms with van der Waals surface area (Å²) in [5.74, 6) is -0.105. The summed E-state index contributed by atoms with van der Waals surface area (Å²) in [7, 11) is 0. The molecular weight excluding hydrogens is 142 g/mol. The zero-order valence-corrected chi connectivity index (χ0v) is 7.05. The van der Waals surface area contributed by atoms with E-state index in [0.717, 1.165) is 18.4 Å². The Kier molecular flexibility index (Phi) is 5.47. The SMILES string of the molecule is CCC/C(=C/NC(C)=O)CO. The van der Waals surface area contributed by atoms with E-state index in [1.807, 2.05) is 6.92 Å². The van der Waals surface area contributed by atoms with E-state index in [1.165, 1.54) is 6.92 Å². The molecule has 0 fully saturated rings. The molecule has 0 spiro atoms. The van der Waals surface area contributed by atoms with Gasteiger partial charge in [0.2, 0.25) is 5.91 Å². The van der Waals surface area contributed by atoms with Crippen LogP contribution in [-0.2, 0) is 4.79 Å². The molecule has 0 radical (unpaired) electrons. The number of rotatable bonds is 4. The molecule has 1 amide bonds. The minimum absolute atomic E-state index is 0.0219. The lowest BCUT2D eigenvalue weighted by Gasteiger charge is -2.00. The van der Waals surface area contributed by atoms with E-state index < -0.39 is 0 Å². The molecule has 0 aliphatic heterocycles. The van der Waals surface area contributed by atoms with E-state index in [2.05, 4.69) is 5.32 Å². The first kappa shape index (κ1) is 10.2. The van der Waals surface area contributed by atoms with Gasteiger partial charge in [-0.15, -0.1) is 0 Å². The Balaban J connectivity index is 3.80. The van der Waals surface area contributed by atoms with Gasteiger partial charge in [0.05, 0.1) is 6.61 Å². The largest absolute Gasteiger partial charge is 0.392 e. The van der Waals surface area contributed by atoms with Crippen LogP contribution in [0.25, 0.3) is 0 Å². The van der Waals surface area contributed by atoms with Crippen LogP contribution in [0.3, 0.4) is 0 Å². The number of amides is 1. The van der Waals surface area contributed by atoms with E-state index in [1.54, 1.807) is 6.20 Å². The molecule has 64 valence electrons. The second kappa shape index (κ2) is 5.92. The molecular formula is C8H15NO2. The number of aliphatic hydroxyl groups is 1. The molecule has 0 unspecified atom stereocenters. The Morgan fingerprint density at radius 3 is 2.64 bits per heavy atom. The minimum Gasteiger partial charge on any atom is -0.392 e. The number of aliphatic hydroxyl groups excluding tert-OH is 1. The number of carbonyl (C=O) groups excluding carboxylic acids is 1. The number of carbonyl (C=O) groups is 1. The lowest BCUT2D eigenvalue weighted by Crippen LogP contribution is -2.13. The summed E-state index contributed by atoms with van der Waals surface area (Å²) >= 11 is 0. The van der Waals surface area contributed by atoms with Gasteiger partial charge in [-0.25, -0.2) is 0 Å². The van der Waals surface area contributed by atoms with E-state index >= 15 is 0 Å². The molecule has 0 aromatic rings. The van der Waals surface area contributed by atoms with Crippen LogP contribution in [0.1, 0.15) is 26.7 Å². The molecule has 3 nitrogen and oxygen atoms in total. The molecule has 0 saturated heterocycles. The van der Waals surface area contributed by atoms with Crippen molar-refractivity contribution in [3.05, 3.63) is 11.8 Å². The first-order valence-corrected chi connectivity index (χ1v) is 3.76. The number of hydrogen-bond donors (Lipinski definition) is 2. The molecule has 0 atom stereocenters. The Labute approximate surface area is 67.1 Å². The van der Waals surface area contributed by atoms with Crippen LogP contribution < -0.4 is 5.32 Å². The second-order valence-electron chi connectivity index (χ2n) is 2.41. The van der Waals surface area contributed by atoms with Gasteiger partial charge in [0.1, 0.15) is 0 Å². The maximum absolute atomic E-state index is 10.4. The third-order valence-corrected chi connectivity index (χ3v) is 1.25. The van der Waals surface area contributed by atoms with E-state index in [0.29, 0.717) is 0 Å². The van der Waals surface area contributed by atoms with Crippen molar-refractivity contribution in [2.45, 2.75) is 26.7 Å². The normalized spacial score (nSPS) is 11.4. The molecule has 0 saturated carbocycles. The first-order valence-electron chi connectivity index (χ1n) is 3.76. The fraction of sp³-hybridized carbons (Fsp3) is 0.625. The van der Waals surface area contributed by atoms with Gasteiger partial charge in [-0.05, 0) is 12.0 Å². The molecule has 0 aromatic heterocycles. The van der Waals surface area contributed by atoms with Crippen molar-refractivity contribution in [3.8, 4) is 0 Å². The third kappa shape index (κ3) is 5.61. The monoisotopic (exact) mass is 157 g/mol. The first-order chi connectivity index (χ1) is 5.20. The molecule has 11 heavy (non-hydrogen) atoms. The third-order valence-electron chi connectivity index (χ3n) is 1.25. The standard InChI is InChI=1S/C8H15NO2/c1-3-4-8(6-10)5-9-7(2)11/h5,10H,3-4,6H2,1-2H3,(H,9,11)/b8-5-. The number of nitrogens with one attached hydrogen (secondary N) is 1. The van der Waals surface area contributed by atoms with Crippen molar-refractivity contribution in [1.82, 2.24) is 5.32 Å². The van der Waals surface area contributed by atoms with Gasteiger partial charge in [-0.2, -0.15) is 0 Å². The molecule has 0 bridgehead atoms. The highest BCUT2D eigenvalue weighted by Gasteiger charge is 1.93. The maximum Gasteiger partial charge on any atom is 0.220 e. The van der Waals surface area contributed by atoms with Crippen LogP contribution in [0.4, 0.5) is 0 Å². The summed E-state index contributed by atoms with van der Waals surface area (Å²) in [6.07, 6.45) is 3.38.